The standard InChI is InChI=1S/C15H13FN4/c16-13-3-1-11(2-4-13)12-7-8-20(10-12)15-6-5-14(9-17)18-19-15/h1-6,12H,7-8,10H2. The van der Waals surface area contributed by atoms with E-state index in [0.29, 0.717) is 11.6 Å². The van der Waals surface area contributed by atoms with Crippen molar-refractivity contribution in [1.82, 2.24) is 10.2 Å². The van der Waals surface area contributed by atoms with Crippen molar-refractivity contribution in [2.45, 2.75) is 12.3 Å². The topological polar surface area (TPSA) is 52.8 Å². The van der Waals surface area contributed by atoms with E-state index in [1.807, 2.05) is 24.3 Å². The van der Waals surface area contributed by atoms with Gasteiger partial charge in [0.05, 0.1) is 0 Å². The Bertz CT molecular complexity index is 630. The molecule has 1 fully saturated rings. The SMILES string of the molecule is N#Cc1ccc(N2CCC(c3ccc(F)cc3)C2)nn1. The third-order valence-corrected chi connectivity index (χ3v) is 3.62. The summed E-state index contributed by atoms with van der Waals surface area (Å²) >= 11 is 0. The number of hydrogen-bond donors (Lipinski definition) is 0. The molecule has 2 heterocycles. The van der Waals surface area contributed by atoms with Crippen molar-refractivity contribution < 1.29 is 4.39 Å². The Morgan fingerprint density at radius 2 is 1.95 bits per heavy atom. The van der Waals surface area contributed by atoms with Gasteiger partial charge in [0.1, 0.15) is 11.9 Å². The van der Waals surface area contributed by atoms with E-state index in [4.69, 9.17) is 5.26 Å². The molecule has 0 amide bonds. The predicted octanol–water partition coefficient (Wildman–Crippen LogP) is 2.48. The molecule has 1 aromatic heterocycles. The van der Waals surface area contributed by atoms with E-state index in [1.165, 1.54) is 12.1 Å². The first-order valence-corrected chi connectivity index (χ1v) is 6.50. The zero-order valence-electron chi connectivity index (χ0n) is 10.8. The molecule has 1 unspecified atom stereocenters. The van der Waals surface area contributed by atoms with Crippen molar-refractivity contribution in [1.29, 1.82) is 5.26 Å². The van der Waals surface area contributed by atoms with Crippen LogP contribution in [0.2, 0.25) is 0 Å². The maximum absolute atomic E-state index is 12.9. The van der Waals surface area contributed by atoms with Gasteiger partial charge in [0, 0.05) is 19.0 Å². The first-order chi connectivity index (χ1) is 9.76. The molecule has 0 aliphatic carbocycles. The minimum absolute atomic E-state index is 0.207. The lowest BCUT2D eigenvalue weighted by atomic mass is 9.99. The third kappa shape index (κ3) is 2.45. The molecule has 20 heavy (non-hydrogen) atoms. The van der Waals surface area contributed by atoms with Crippen molar-refractivity contribution in [2.75, 3.05) is 18.0 Å². The van der Waals surface area contributed by atoms with Crippen LogP contribution in [0.1, 0.15) is 23.6 Å². The van der Waals surface area contributed by atoms with Crippen molar-refractivity contribution in [3.8, 4) is 6.07 Å². The fourth-order valence-corrected chi connectivity index (χ4v) is 2.53. The minimum Gasteiger partial charge on any atom is -0.354 e. The summed E-state index contributed by atoms with van der Waals surface area (Å²) in [7, 11) is 0. The summed E-state index contributed by atoms with van der Waals surface area (Å²) in [6.45, 7) is 1.73. The molecule has 2 aromatic rings. The highest BCUT2D eigenvalue weighted by molar-refractivity contribution is 5.42. The lowest BCUT2D eigenvalue weighted by molar-refractivity contribution is 0.625. The Kier molecular flexibility index (Phi) is 3.30. The maximum Gasteiger partial charge on any atom is 0.163 e. The molecule has 0 saturated carbocycles. The van der Waals surface area contributed by atoms with E-state index >= 15 is 0 Å². The van der Waals surface area contributed by atoms with Gasteiger partial charge in [-0.15, -0.1) is 10.2 Å². The van der Waals surface area contributed by atoms with E-state index < -0.39 is 0 Å². The second-order valence-corrected chi connectivity index (χ2v) is 4.87. The molecule has 1 saturated heterocycles. The molecule has 0 radical (unpaired) electrons. The normalized spacial score (nSPS) is 18.0. The largest absolute Gasteiger partial charge is 0.354 e. The van der Waals surface area contributed by atoms with Crippen LogP contribution in [0.5, 0.6) is 0 Å². The van der Waals surface area contributed by atoms with Crippen molar-refractivity contribution in [3.05, 3.63) is 53.5 Å². The zero-order valence-corrected chi connectivity index (χ0v) is 10.8. The van der Waals surface area contributed by atoms with Crippen molar-refractivity contribution >= 4 is 5.82 Å². The van der Waals surface area contributed by atoms with Crippen molar-refractivity contribution in [3.63, 3.8) is 0 Å². The van der Waals surface area contributed by atoms with E-state index in [0.717, 1.165) is 30.9 Å². The Labute approximate surface area is 116 Å². The molecular weight excluding hydrogens is 255 g/mol. The summed E-state index contributed by atoms with van der Waals surface area (Å²) in [5.41, 5.74) is 1.47. The highest BCUT2D eigenvalue weighted by Crippen LogP contribution is 2.29. The fraction of sp³-hybridized carbons (Fsp3) is 0.267. The van der Waals surface area contributed by atoms with Gasteiger partial charge in [-0.05, 0) is 36.2 Å². The van der Waals surface area contributed by atoms with Crippen LogP contribution in [0.25, 0.3) is 0 Å². The highest BCUT2D eigenvalue weighted by Gasteiger charge is 2.24. The lowest BCUT2D eigenvalue weighted by Crippen LogP contribution is -2.20. The van der Waals surface area contributed by atoms with Crippen molar-refractivity contribution in [2.24, 2.45) is 0 Å². The Hall–Kier alpha value is -2.48. The van der Waals surface area contributed by atoms with Crippen LogP contribution in [0.4, 0.5) is 10.2 Å². The van der Waals surface area contributed by atoms with Gasteiger partial charge in [-0.3, -0.25) is 0 Å². The van der Waals surface area contributed by atoms with E-state index in [-0.39, 0.29) is 5.82 Å². The summed E-state index contributed by atoms with van der Waals surface area (Å²) in [5, 5.41) is 16.6. The molecule has 1 aromatic carbocycles. The lowest BCUT2D eigenvalue weighted by Gasteiger charge is -2.16. The van der Waals surface area contributed by atoms with Gasteiger partial charge < -0.3 is 4.90 Å². The van der Waals surface area contributed by atoms with E-state index in [9.17, 15) is 4.39 Å². The van der Waals surface area contributed by atoms with E-state index in [2.05, 4.69) is 15.1 Å². The Morgan fingerprint density at radius 3 is 2.60 bits per heavy atom. The number of aromatic nitrogens is 2. The number of nitrogens with zero attached hydrogens (tertiary/aromatic N) is 4. The predicted molar refractivity (Wildman–Crippen MR) is 72.7 cm³/mol. The van der Waals surface area contributed by atoms with Crippen LogP contribution < -0.4 is 4.90 Å². The average Bonchev–Trinajstić information content (AvgIpc) is 2.98. The molecule has 1 aliphatic rings. The van der Waals surface area contributed by atoms with Crippen LogP contribution in [-0.2, 0) is 0 Å². The van der Waals surface area contributed by atoms with Gasteiger partial charge in [0.15, 0.2) is 11.5 Å². The van der Waals surface area contributed by atoms with Crippen LogP contribution in [0, 0.1) is 17.1 Å². The summed E-state index contributed by atoms with van der Waals surface area (Å²) < 4.78 is 12.9. The molecule has 100 valence electrons. The van der Waals surface area contributed by atoms with Gasteiger partial charge in [-0.25, -0.2) is 4.39 Å². The summed E-state index contributed by atoms with van der Waals surface area (Å²) in [5.74, 6) is 0.961. The molecular formula is C15H13FN4. The summed E-state index contributed by atoms with van der Waals surface area (Å²) in [6.07, 6.45) is 1.01. The minimum atomic E-state index is -0.207. The maximum atomic E-state index is 12.9. The van der Waals surface area contributed by atoms with Crippen LogP contribution in [0.15, 0.2) is 36.4 Å². The number of anilines is 1. The van der Waals surface area contributed by atoms with Gasteiger partial charge in [0.2, 0.25) is 0 Å². The zero-order chi connectivity index (χ0) is 13.9. The second-order valence-electron chi connectivity index (χ2n) is 4.87. The second kappa shape index (κ2) is 5.25. The molecule has 4 nitrogen and oxygen atoms in total. The average molecular weight is 268 g/mol. The van der Waals surface area contributed by atoms with Gasteiger partial charge in [0.25, 0.3) is 0 Å². The van der Waals surface area contributed by atoms with Gasteiger partial charge in [-0.2, -0.15) is 5.26 Å². The first-order valence-electron chi connectivity index (χ1n) is 6.50. The van der Waals surface area contributed by atoms with Crippen LogP contribution in [-0.4, -0.2) is 23.3 Å². The number of hydrogen-bond acceptors (Lipinski definition) is 4. The summed E-state index contributed by atoms with van der Waals surface area (Å²) in [4.78, 5) is 2.14. The molecule has 5 heteroatoms. The molecule has 0 bridgehead atoms. The number of halogens is 1. The quantitative estimate of drug-likeness (QED) is 0.839. The molecule has 0 spiro atoms. The van der Waals surface area contributed by atoms with Gasteiger partial charge >= 0.3 is 0 Å². The number of benzene rings is 1. The van der Waals surface area contributed by atoms with E-state index in [1.54, 1.807) is 6.07 Å². The number of nitriles is 1. The van der Waals surface area contributed by atoms with Gasteiger partial charge in [-0.1, -0.05) is 12.1 Å². The molecule has 1 atom stereocenters. The molecule has 3 rings (SSSR count). The molecule has 0 N–H and O–H groups in total. The molecule has 1 aliphatic heterocycles. The Balaban J connectivity index is 1.72. The monoisotopic (exact) mass is 268 g/mol. The fourth-order valence-electron chi connectivity index (χ4n) is 2.53. The smallest absolute Gasteiger partial charge is 0.163 e. The Morgan fingerprint density at radius 1 is 1.15 bits per heavy atom. The third-order valence-electron chi connectivity index (χ3n) is 3.62. The number of rotatable bonds is 2. The highest BCUT2D eigenvalue weighted by atomic mass is 19.1. The van der Waals surface area contributed by atoms with Crippen LogP contribution in [0.3, 0.4) is 0 Å². The first kappa shape index (κ1) is 12.5. The summed E-state index contributed by atoms with van der Waals surface area (Å²) in [6, 6.07) is 12.1. The van der Waals surface area contributed by atoms with Crippen LogP contribution >= 0.6 is 0 Å².